The number of hydrogen-bond donors (Lipinski definition) is 0. The third kappa shape index (κ3) is 5.75. The fourth-order valence-electron chi connectivity index (χ4n) is 4.64. The van der Waals surface area contributed by atoms with Crippen LogP contribution in [0.1, 0.15) is 34.5 Å². The summed E-state index contributed by atoms with van der Waals surface area (Å²) in [6.45, 7) is 6.12. The topological polar surface area (TPSA) is 45.7 Å². The Kier molecular flexibility index (Phi) is 7.68. The summed E-state index contributed by atoms with van der Waals surface area (Å²) >= 11 is 0. The summed E-state index contributed by atoms with van der Waals surface area (Å²) in [5, 5.41) is 0.884. The molecule has 0 atom stereocenters. The molecular formula is C27H32FN3O2. The van der Waals surface area contributed by atoms with Crippen molar-refractivity contribution in [2.24, 2.45) is 5.92 Å². The number of benzene rings is 2. The Bertz CT molecular complexity index is 1100. The van der Waals surface area contributed by atoms with Gasteiger partial charge in [0.25, 0.3) is 5.91 Å². The van der Waals surface area contributed by atoms with Gasteiger partial charge in [0.15, 0.2) is 0 Å². The second kappa shape index (κ2) is 10.9. The van der Waals surface area contributed by atoms with Crippen molar-refractivity contribution in [3.8, 4) is 0 Å². The largest absolute Gasteiger partial charge is 0.383 e. The molecule has 0 spiro atoms. The summed E-state index contributed by atoms with van der Waals surface area (Å²) < 4.78 is 19.3. The lowest BCUT2D eigenvalue weighted by Crippen LogP contribution is -2.42. The summed E-state index contributed by atoms with van der Waals surface area (Å²) in [7, 11) is 1.66. The highest BCUT2D eigenvalue weighted by molar-refractivity contribution is 6.06. The lowest BCUT2D eigenvalue weighted by atomic mass is 9.95. The molecule has 1 saturated heterocycles. The van der Waals surface area contributed by atoms with E-state index in [0.717, 1.165) is 48.1 Å². The first-order valence-electron chi connectivity index (χ1n) is 11.7. The van der Waals surface area contributed by atoms with Crippen LogP contribution in [0.3, 0.4) is 0 Å². The summed E-state index contributed by atoms with van der Waals surface area (Å²) in [6.07, 6.45) is 1.97. The van der Waals surface area contributed by atoms with Crippen molar-refractivity contribution < 1.29 is 13.9 Å². The molecule has 0 radical (unpaired) electrons. The van der Waals surface area contributed by atoms with E-state index in [-0.39, 0.29) is 11.7 Å². The van der Waals surface area contributed by atoms with Crippen molar-refractivity contribution in [3.63, 3.8) is 0 Å². The number of piperidine rings is 1. The van der Waals surface area contributed by atoms with Crippen LogP contribution in [0.4, 0.5) is 4.39 Å². The number of aryl methyl sites for hydroxylation is 1. The zero-order chi connectivity index (χ0) is 23.2. The summed E-state index contributed by atoms with van der Waals surface area (Å²) in [6, 6.07) is 16.7. The first-order valence-corrected chi connectivity index (χ1v) is 11.7. The Balaban J connectivity index is 1.44. The maximum atomic E-state index is 14.0. The molecule has 0 aliphatic carbocycles. The zero-order valence-corrected chi connectivity index (χ0v) is 19.5. The minimum absolute atomic E-state index is 0.0301. The quantitative estimate of drug-likeness (QED) is 0.501. The van der Waals surface area contributed by atoms with Crippen LogP contribution in [0.25, 0.3) is 10.9 Å². The normalized spacial score (nSPS) is 15.1. The van der Waals surface area contributed by atoms with Crippen LogP contribution < -0.4 is 0 Å². The van der Waals surface area contributed by atoms with Gasteiger partial charge < -0.3 is 9.64 Å². The Hall–Kier alpha value is -2.83. The number of carbonyl (C=O) groups excluding carboxylic acids is 1. The van der Waals surface area contributed by atoms with Crippen LogP contribution in [-0.4, -0.2) is 60.6 Å². The monoisotopic (exact) mass is 449 g/mol. The van der Waals surface area contributed by atoms with Crippen molar-refractivity contribution in [1.29, 1.82) is 0 Å². The van der Waals surface area contributed by atoms with Gasteiger partial charge in [-0.25, -0.2) is 4.39 Å². The lowest BCUT2D eigenvalue weighted by Gasteiger charge is -2.35. The molecular weight excluding hydrogens is 417 g/mol. The van der Waals surface area contributed by atoms with Crippen molar-refractivity contribution in [2.45, 2.75) is 26.3 Å². The number of carbonyl (C=O) groups is 1. The van der Waals surface area contributed by atoms with Gasteiger partial charge in [0.2, 0.25) is 0 Å². The van der Waals surface area contributed by atoms with Gasteiger partial charge in [-0.15, -0.1) is 0 Å². The van der Waals surface area contributed by atoms with Crippen LogP contribution in [0, 0.1) is 18.7 Å². The summed E-state index contributed by atoms with van der Waals surface area (Å²) in [4.78, 5) is 22.4. The van der Waals surface area contributed by atoms with Crippen molar-refractivity contribution in [1.82, 2.24) is 14.8 Å². The number of likely N-dealkylation sites (tertiary alicyclic amines) is 1. The van der Waals surface area contributed by atoms with E-state index in [1.165, 1.54) is 6.07 Å². The standard InChI is InChI=1S/C27H32FN3O2/c1-20-17-24(23-8-4-6-10-26(23)29-20)27(32)31(15-16-33-2)18-21-11-13-30(14-12-21)19-22-7-3-5-9-25(22)28/h3-10,17,21H,11-16,18-19H2,1-2H3. The van der Waals surface area contributed by atoms with Crippen molar-refractivity contribution >= 4 is 16.8 Å². The van der Waals surface area contributed by atoms with Gasteiger partial charge in [0, 0.05) is 43.4 Å². The van der Waals surface area contributed by atoms with E-state index in [9.17, 15) is 9.18 Å². The molecule has 33 heavy (non-hydrogen) atoms. The third-order valence-corrected chi connectivity index (χ3v) is 6.46. The Morgan fingerprint density at radius 2 is 1.88 bits per heavy atom. The summed E-state index contributed by atoms with van der Waals surface area (Å²) in [5.74, 6) is 0.301. The van der Waals surface area contributed by atoms with Crippen LogP contribution in [0.15, 0.2) is 54.6 Å². The maximum Gasteiger partial charge on any atom is 0.254 e. The number of amides is 1. The molecule has 1 aromatic heterocycles. The lowest BCUT2D eigenvalue weighted by molar-refractivity contribution is 0.0619. The second-order valence-corrected chi connectivity index (χ2v) is 8.88. The molecule has 4 rings (SSSR count). The zero-order valence-electron chi connectivity index (χ0n) is 19.5. The van der Waals surface area contributed by atoms with Crippen LogP contribution in [0.5, 0.6) is 0 Å². The molecule has 3 aromatic rings. The Labute approximate surface area is 195 Å². The molecule has 0 bridgehead atoms. The third-order valence-electron chi connectivity index (χ3n) is 6.46. The van der Waals surface area contributed by atoms with E-state index in [0.29, 0.717) is 37.7 Å². The first kappa shape index (κ1) is 23.3. The number of ether oxygens (including phenoxy) is 1. The molecule has 1 aliphatic rings. The van der Waals surface area contributed by atoms with Gasteiger partial charge in [-0.1, -0.05) is 36.4 Å². The Morgan fingerprint density at radius 3 is 2.64 bits per heavy atom. The number of rotatable bonds is 8. The van der Waals surface area contributed by atoms with Crippen LogP contribution >= 0.6 is 0 Å². The fourth-order valence-corrected chi connectivity index (χ4v) is 4.64. The SMILES string of the molecule is COCCN(CC1CCN(Cc2ccccc2F)CC1)C(=O)c1cc(C)nc2ccccc12. The molecule has 0 saturated carbocycles. The second-order valence-electron chi connectivity index (χ2n) is 8.88. The molecule has 1 aliphatic heterocycles. The van der Waals surface area contributed by atoms with Gasteiger partial charge in [0.1, 0.15) is 5.82 Å². The molecule has 6 heteroatoms. The van der Waals surface area contributed by atoms with Gasteiger partial charge in [-0.05, 0) is 57.0 Å². The van der Waals surface area contributed by atoms with Crippen molar-refractivity contribution in [2.75, 3.05) is 39.9 Å². The number of halogens is 1. The van der Waals surface area contributed by atoms with E-state index >= 15 is 0 Å². The molecule has 2 aromatic carbocycles. The predicted octanol–water partition coefficient (Wildman–Crippen LogP) is 4.68. The van der Waals surface area contributed by atoms with Crippen molar-refractivity contribution in [3.05, 3.63) is 77.2 Å². The maximum absolute atomic E-state index is 14.0. The highest BCUT2D eigenvalue weighted by Gasteiger charge is 2.26. The number of aromatic nitrogens is 1. The smallest absolute Gasteiger partial charge is 0.254 e. The number of hydrogen-bond acceptors (Lipinski definition) is 4. The highest BCUT2D eigenvalue weighted by atomic mass is 19.1. The molecule has 0 N–H and O–H groups in total. The number of pyridine rings is 1. The number of para-hydroxylation sites is 1. The van der Waals surface area contributed by atoms with Crippen LogP contribution in [0.2, 0.25) is 0 Å². The van der Waals surface area contributed by atoms with E-state index in [4.69, 9.17) is 4.74 Å². The van der Waals surface area contributed by atoms with E-state index in [1.54, 1.807) is 13.2 Å². The number of nitrogens with zero attached hydrogens (tertiary/aromatic N) is 3. The average Bonchev–Trinajstić information content (AvgIpc) is 2.83. The number of fused-ring (bicyclic) bond motifs is 1. The Morgan fingerprint density at radius 1 is 1.15 bits per heavy atom. The molecule has 1 amide bonds. The molecule has 174 valence electrons. The molecule has 5 nitrogen and oxygen atoms in total. The molecule has 2 heterocycles. The fraction of sp³-hybridized carbons (Fsp3) is 0.407. The van der Waals surface area contributed by atoms with Gasteiger partial charge in [0.05, 0.1) is 17.7 Å². The molecule has 1 fully saturated rings. The number of methoxy groups -OCH3 is 1. The average molecular weight is 450 g/mol. The van der Waals surface area contributed by atoms with Gasteiger partial charge in [-0.3, -0.25) is 14.7 Å². The molecule has 0 unspecified atom stereocenters. The highest BCUT2D eigenvalue weighted by Crippen LogP contribution is 2.24. The predicted molar refractivity (Wildman–Crippen MR) is 129 cm³/mol. The van der Waals surface area contributed by atoms with Gasteiger partial charge in [-0.2, -0.15) is 0 Å². The minimum atomic E-state index is -0.143. The van der Waals surface area contributed by atoms with Crippen LogP contribution in [-0.2, 0) is 11.3 Å². The van der Waals surface area contributed by atoms with E-state index in [2.05, 4.69) is 9.88 Å². The summed E-state index contributed by atoms with van der Waals surface area (Å²) in [5.41, 5.74) is 3.12. The minimum Gasteiger partial charge on any atom is -0.383 e. The van der Waals surface area contributed by atoms with E-state index in [1.807, 2.05) is 54.3 Å². The van der Waals surface area contributed by atoms with E-state index < -0.39 is 0 Å². The van der Waals surface area contributed by atoms with Gasteiger partial charge >= 0.3 is 0 Å². The first-order chi connectivity index (χ1) is 16.0.